The minimum absolute atomic E-state index is 0. The number of carbonyl (C=O) groups excluding carboxylic acids is 2. The molecule has 0 aliphatic heterocycles. The number of para-hydroxylation sites is 2. The molecule has 2 N–H and O–H groups in total. The van der Waals surface area contributed by atoms with Crippen LogP contribution >= 0.6 is 0 Å². The van der Waals surface area contributed by atoms with Crippen LogP contribution in [-0.4, -0.2) is 45.1 Å². The van der Waals surface area contributed by atoms with Crippen molar-refractivity contribution in [2.24, 2.45) is 9.98 Å². The SMILES string of the molecule is CC(CC(=O)C(=O)O)=Nc1ccccc1.CC(CC(=O)C(=O)O)=Nc1ccccc1.[Cu]. The molecule has 167 valence electrons. The first-order chi connectivity index (χ1) is 14.2. The monoisotopic (exact) mass is 473 g/mol. The Balaban J connectivity index is 0.000000562. The van der Waals surface area contributed by atoms with Crippen LogP contribution < -0.4 is 0 Å². The van der Waals surface area contributed by atoms with Crippen molar-refractivity contribution in [3.63, 3.8) is 0 Å². The number of nitrogens with zero attached hydrogens (tertiary/aromatic N) is 2. The molecule has 2 aromatic carbocycles. The van der Waals surface area contributed by atoms with Crippen LogP contribution in [0.3, 0.4) is 0 Å². The molecule has 0 heterocycles. The van der Waals surface area contributed by atoms with Crippen molar-refractivity contribution in [2.75, 3.05) is 0 Å². The zero-order valence-corrected chi connectivity index (χ0v) is 17.9. The summed E-state index contributed by atoms with van der Waals surface area (Å²) in [6.45, 7) is 3.27. The number of carboxylic acid groups (broad SMARTS) is 2. The Bertz CT molecular complexity index is 877. The quantitative estimate of drug-likeness (QED) is 0.341. The normalized spacial score (nSPS) is 10.8. The summed E-state index contributed by atoms with van der Waals surface area (Å²) in [5, 5.41) is 16.8. The van der Waals surface area contributed by atoms with Crippen LogP contribution in [0.5, 0.6) is 0 Å². The number of Topliss-reactive ketones (excluding diaryl/α,β-unsaturated/α-hetero) is 2. The average molecular weight is 474 g/mol. The molecule has 31 heavy (non-hydrogen) atoms. The van der Waals surface area contributed by atoms with Crippen molar-refractivity contribution in [3.05, 3.63) is 60.7 Å². The second-order valence-corrected chi connectivity index (χ2v) is 6.18. The number of hydrogen-bond acceptors (Lipinski definition) is 6. The first kappa shape index (κ1) is 27.6. The molecule has 0 fully saturated rings. The van der Waals surface area contributed by atoms with Gasteiger partial charge in [0.25, 0.3) is 0 Å². The van der Waals surface area contributed by atoms with Crippen molar-refractivity contribution in [1.82, 2.24) is 0 Å². The molecule has 0 aromatic heterocycles. The summed E-state index contributed by atoms with van der Waals surface area (Å²) in [6.07, 6.45) is -0.297. The first-order valence-corrected chi connectivity index (χ1v) is 8.89. The molecule has 0 aliphatic rings. The van der Waals surface area contributed by atoms with E-state index >= 15 is 0 Å². The molecule has 0 saturated carbocycles. The first-order valence-electron chi connectivity index (χ1n) is 8.89. The molecule has 0 aliphatic carbocycles. The van der Waals surface area contributed by atoms with Gasteiger partial charge in [-0.1, -0.05) is 36.4 Å². The zero-order valence-electron chi connectivity index (χ0n) is 16.9. The predicted molar refractivity (Wildman–Crippen MR) is 113 cm³/mol. The molecular formula is C22H22CuN2O6. The number of ketones is 2. The third kappa shape index (κ3) is 12.0. The van der Waals surface area contributed by atoms with E-state index in [0.29, 0.717) is 22.8 Å². The summed E-state index contributed by atoms with van der Waals surface area (Å²) in [5.41, 5.74) is 2.42. The summed E-state index contributed by atoms with van der Waals surface area (Å²) in [5.74, 6) is -4.52. The number of aliphatic imine (C=N–C) groups is 2. The van der Waals surface area contributed by atoms with Crippen LogP contribution in [0, 0.1) is 0 Å². The number of aliphatic carboxylic acids is 2. The van der Waals surface area contributed by atoms with E-state index in [-0.39, 0.29) is 29.9 Å². The largest absolute Gasteiger partial charge is 0.475 e. The maximum Gasteiger partial charge on any atom is 0.372 e. The third-order valence-corrected chi connectivity index (χ3v) is 3.46. The Morgan fingerprint density at radius 1 is 0.645 bits per heavy atom. The Kier molecular flexibility index (Phi) is 12.9. The fraction of sp³-hybridized carbons (Fsp3) is 0.182. The zero-order chi connectivity index (χ0) is 22.5. The summed E-state index contributed by atoms with van der Waals surface area (Å²) in [6, 6.07) is 18.2. The predicted octanol–water partition coefficient (Wildman–Crippen LogP) is 3.64. The summed E-state index contributed by atoms with van der Waals surface area (Å²) >= 11 is 0. The van der Waals surface area contributed by atoms with Gasteiger partial charge in [0.1, 0.15) is 0 Å². The summed E-state index contributed by atoms with van der Waals surface area (Å²) < 4.78 is 0. The Labute approximate surface area is 190 Å². The molecule has 0 bridgehead atoms. The van der Waals surface area contributed by atoms with E-state index < -0.39 is 23.5 Å². The summed E-state index contributed by atoms with van der Waals surface area (Å²) in [4.78, 5) is 50.5. The molecular weight excluding hydrogens is 452 g/mol. The van der Waals surface area contributed by atoms with E-state index in [1.165, 1.54) is 0 Å². The molecule has 2 rings (SSSR count). The van der Waals surface area contributed by atoms with Crippen LogP contribution in [0.4, 0.5) is 11.4 Å². The second kappa shape index (κ2) is 14.5. The minimum atomic E-state index is -1.42. The number of carbonyl (C=O) groups is 4. The van der Waals surface area contributed by atoms with Crippen molar-refractivity contribution >= 4 is 46.3 Å². The van der Waals surface area contributed by atoms with Crippen molar-refractivity contribution in [1.29, 1.82) is 0 Å². The van der Waals surface area contributed by atoms with Crippen molar-refractivity contribution < 1.29 is 46.5 Å². The Hall–Kier alpha value is -3.42. The van der Waals surface area contributed by atoms with Crippen molar-refractivity contribution in [2.45, 2.75) is 26.7 Å². The standard InChI is InChI=1S/2C11H11NO3.Cu/c2*1-8(7-10(13)11(14)15)12-9-5-3-2-4-6-9;/h2*2-6H,7H2,1H3,(H,14,15);. The molecule has 0 amide bonds. The van der Waals surface area contributed by atoms with E-state index in [1.807, 2.05) is 36.4 Å². The molecule has 2 aromatic rings. The minimum Gasteiger partial charge on any atom is -0.475 e. The van der Waals surface area contributed by atoms with Gasteiger partial charge in [0.2, 0.25) is 11.6 Å². The maximum atomic E-state index is 10.9. The number of benzene rings is 2. The van der Waals surface area contributed by atoms with Crippen LogP contribution in [0.15, 0.2) is 70.6 Å². The van der Waals surface area contributed by atoms with E-state index in [0.717, 1.165) is 0 Å². The average Bonchev–Trinajstić information content (AvgIpc) is 2.69. The second-order valence-electron chi connectivity index (χ2n) is 6.18. The number of rotatable bonds is 8. The molecule has 8 nitrogen and oxygen atoms in total. The molecule has 0 saturated heterocycles. The van der Waals surface area contributed by atoms with Crippen LogP contribution in [0.1, 0.15) is 26.7 Å². The number of carboxylic acids is 2. The molecule has 0 spiro atoms. The molecule has 0 atom stereocenters. The Morgan fingerprint density at radius 2 is 0.935 bits per heavy atom. The van der Waals surface area contributed by atoms with Gasteiger partial charge in [-0.05, 0) is 38.1 Å². The third-order valence-electron chi connectivity index (χ3n) is 3.46. The Morgan fingerprint density at radius 3 is 1.19 bits per heavy atom. The number of hydrogen-bond donors (Lipinski definition) is 2. The van der Waals surface area contributed by atoms with E-state index in [2.05, 4.69) is 9.98 Å². The van der Waals surface area contributed by atoms with E-state index in [1.54, 1.807) is 38.1 Å². The smallest absolute Gasteiger partial charge is 0.372 e. The molecule has 9 heteroatoms. The van der Waals surface area contributed by atoms with Gasteiger partial charge in [-0.3, -0.25) is 19.6 Å². The van der Waals surface area contributed by atoms with Gasteiger partial charge in [-0.25, -0.2) is 9.59 Å². The van der Waals surface area contributed by atoms with Gasteiger partial charge in [0, 0.05) is 28.5 Å². The van der Waals surface area contributed by atoms with E-state index in [4.69, 9.17) is 10.2 Å². The summed E-state index contributed by atoms with van der Waals surface area (Å²) in [7, 11) is 0. The fourth-order valence-corrected chi connectivity index (χ4v) is 2.14. The van der Waals surface area contributed by atoms with Crippen LogP contribution in [0.25, 0.3) is 0 Å². The fourth-order valence-electron chi connectivity index (χ4n) is 2.14. The van der Waals surface area contributed by atoms with E-state index in [9.17, 15) is 19.2 Å². The van der Waals surface area contributed by atoms with Gasteiger partial charge in [-0.2, -0.15) is 0 Å². The topological polar surface area (TPSA) is 133 Å². The van der Waals surface area contributed by atoms with Gasteiger partial charge < -0.3 is 10.2 Å². The molecule has 1 radical (unpaired) electrons. The van der Waals surface area contributed by atoms with Gasteiger partial charge in [0.05, 0.1) is 24.2 Å². The van der Waals surface area contributed by atoms with Gasteiger partial charge in [-0.15, -0.1) is 0 Å². The van der Waals surface area contributed by atoms with Crippen LogP contribution in [-0.2, 0) is 36.2 Å². The van der Waals surface area contributed by atoms with Gasteiger partial charge >= 0.3 is 11.9 Å². The maximum absolute atomic E-state index is 10.9. The van der Waals surface area contributed by atoms with Gasteiger partial charge in [0.15, 0.2) is 0 Å². The van der Waals surface area contributed by atoms with Crippen molar-refractivity contribution in [3.8, 4) is 0 Å². The molecule has 0 unspecified atom stereocenters. The van der Waals surface area contributed by atoms with Crippen LogP contribution in [0.2, 0.25) is 0 Å².